The number of rotatable bonds is 2. The molecule has 2 rings (SSSR count). The summed E-state index contributed by atoms with van der Waals surface area (Å²) in [5, 5.41) is 0.952. The minimum absolute atomic E-state index is 0.0943. The largest absolute Gasteiger partial charge is 0.303 e. The fourth-order valence-electron chi connectivity index (χ4n) is 2.68. The molecule has 1 saturated carbocycles. The molecule has 12 heavy (non-hydrogen) atoms. The molecule has 1 fully saturated rings. The molecule has 0 aromatic heterocycles. The van der Waals surface area contributed by atoms with Gasteiger partial charge in [0.15, 0.2) is 0 Å². The van der Waals surface area contributed by atoms with Crippen molar-refractivity contribution in [3.05, 3.63) is 12.2 Å². The molecule has 1 nitrogen and oxygen atoms in total. The van der Waals surface area contributed by atoms with Gasteiger partial charge in [-0.2, -0.15) is 0 Å². The van der Waals surface area contributed by atoms with Crippen molar-refractivity contribution in [1.29, 1.82) is 0 Å². The van der Waals surface area contributed by atoms with E-state index < -0.39 is 0 Å². The van der Waals surface area contributed by atoms with Gasteiger partial charge in [-0.05, 0) is 24.2 Å². The summed E-state index contributed by atoms with van der Waals surface area (Å²) in [5.41, 5.74) is -0.0943. The zero-order valence-corrected chi connectivity index (χ0v) is 8.75. The lowest BCUT2D eigenvalue weighted by molar-refractivity contribution is -0.118. The first-order valence-corrected chi connectivity index (χ1v) is 5.55. The van der Waals surface area contributed by atoms with E-state index in [-0.39, 0.29) is 5.41 Å². The van der Waals surface area contributed by atoms with Crippen molar-refractivity contribution in [2.45, 2.75) is 13.3 Å². The molecule has 0 radical (unpaired) electrons. The van der Waals surface area contributed by atoms with Crippen LogP contribution in [0.3, 0.4) is 0 Å². The van der Waals surface area contributed by atoms with Gasteiger partial charge in [0, 0.05) is 10.7 Å². The van der Waals surface area contributed by atoms with Crippen LogP contribution in [0.1, 0.15) is 13.3 Å². The van der Waals surface area contributed by atoms with Gasteiger partial charge in [-0.15, -0.1) is 0 Å². The van der Waals surface area contributed by atoms with Crippen LogP contribution < -0.4 is 0 Å². The topological polar surface area (TPSA) is 17.1 Å². The predicted molar refractivity (Wildman–Crippen MR) is 52.2 cm³/mol. The zero-order valence-electron chi connectivity index (χ0n) is 7.16. The van der Waals surface area contributed by atoms with Gasteiger partial charge in [-0.3, -0.25) is 0 Å². The van der Waals surface area contributed by atoms with Gasteiger partial charge in [-0.25, -0.2) is 0 Å². The highest BCUT2D eigenvalue weighted by molar-refractivity contribution is 9.09. The Bertz CT molecular complexity index is 236. The lowest BCUT2D eigenvalue weighted by Crippen LogP contribution is -2.33. The van der Waals surface area contributed by atoms with Crippen LogP contribution in [-0.4, -0.2) is 11.6 Å². The van der Waals surface area contributed by atoms with Gasteiger partial charge in [0.2, 0.25) is 0 Å². The lowest BCUT2D eigenvalue weighted by atomic mass is 9.72. The fraction of sp³-hybridized carbons (Fsp3) is 0.700. The molecule has 0 amide bonds. The van der Waals surface area contributed by atoms with E-state index in [1.165, 1.54) is 6.42 Å². The van der Waals surface area contributed by atoms with Crippen molar-refractivity contribution < 1.29 is 4.79 Å². The number of hydrogen-bond acceptors (Lipinski definition) is 1. The average Bonchev–Trinajstić information content (AvgIpc) is 2.63. The number of alkyl halides is 1. The summed E-state index contributed by atoms with van der Waals surface area (Å²) >= 11 is 3.50. The quantitative estimate of drug-likeness (QED) is 0.403. The van der Waals surface area contributed by atoms with Crippen molar-refractivity contribution in [3.63, 3.8) is 0 Å². The van der Waals surface area contributed by atoms with Crippen molar-refractivity contribution in [2.24, 2.45) is 23.2 Å². The molecule has 2 aliphatic carbocycles. The fourth-order valence-corrected chi connectivity index (χ4v) is 3.86. The SMILES string of the molecule is C[C@]1(C=O)[C@H](CBr)[C@@H]2C=C[C@H]1C2. The maximum atomic E-state index is 11.0. The van der Waals surface area contributed by atoms with Crippen molar-refractivity contribution >= 4 is 22.2 Å². The minimum atomic E-state index is -0.0943. The molecule has 2 aliphatic rings. The highest BCUT2D eigenvalue weighted by Gasteiger charge is 2.52. The number of carbonyl (C=O) groups excluding carboxylic acids is 1. The number of halogens is 1. The minimum Gasteiger partial charge on any atom is -0.303 e. The Morgan fingerprint density at radius 2 is 2.42 bits per heavy atom. The first kappa shape index (κ1) is 8.49. The molecule has 66 valence electrons. The molecule has 2 bridgehead atoms. The Balaban J connectivity index is 2.34. The number of allylic oxidation sites excluding steroid dienone is 2. The molecule has 0 saturated heterocycles. The van der Waals surface area contributed by atoms with Gasteiger partial charge in [0.1, 0.15) is 6.29 Å². The van der Waals surface area contributed by atoms with Crippen LogP contribution in [0.15, 0.2) is 12.2 Å². The summed E-state index contributed by atoms with van der Waals surface area (Å²) < 4.78 is 0. The number of aldehydes is 1. The van der Waals surface area contributed by atoms with Crippen LogP contribution in [0, 0.1) is 23.2 Å². The summed E-state index contributed by atoms with van der Waals surface area (Å²) in [6, 6.07) is 0. The summed E-state index contributed by atoms with van der Waals surface area (Å²) in [5.74, 6) is 1.66. The van der Waals surface area contributed by atoms with E-state index in [0.717, 1.165) is 11.6 Å². The summed E-state index contributed by atoms with van der Waals surface area (Å²) in [7, 11) is 0. The van der Waals surface area contributed by atoms with Crippen LogP contribution in [0.4, 0.5) is 0 Å². The van der Waals surface area contributed by atoms with Gasteiger partial charge >= 0.3 is 0 Å². The normalized spacial score (nSPS) is 50.0. The maximum Gasteiger partial charge on any atom is 0.126 e. The second-order valence-corrected chi connectivity index (χ2v) is 4.78. The summed E-state index contributed by atoms with van der Waals surface area (Å²) in [6.07, 6.45) is 6.85. The van der Waals surface area contributed by atoms with Gasteiger partial charge < -0.3 is 4.79 Å². The standard InChI is InChI=1S/C10H13BrO/c1-10(6-12)8-3-2-7(4-8)9(10)5-11/h2-3,6-9H,4-5H2,1H3/t7-,8+,9-,10-/m1/s1. The Labute approximate surface area is 81.4 Å². The van der Waals surface area contributed by atoms with E-state index in [9.17, 15) is 4.79 Å². The number of fused-ring (bicyclic) bond motifs is 2. The smallest absolute Gasteiger partial charge is 0.126 e. The monoisotopic (exact) mass is 228 g/mol. The second-order valence-electron chi connectivity index (χ2n) is 4.14. The lowest BCUT2D eigenvalue weighted by Gasteiger charge is -2.32. The molecule has 0 aromatic rings. The Hall–Kier alpha value is -0.110. The van der Waals surface area contributed by atoms with E-state index in [1.807, 2.05) is 0 Å². The molecular formula is C10H13BrO. The highest BCUT2D eigenvalue weighted by atomic mass is 79.9. The number of carbonyl (C=O) groups is 1. The van der Waals surface area contributed by atoms with Crippen molar-refractivity contribution in [2.75, 3.05) is 5.33 Å². The number of hydrogen-bond donors (Lipinski definition) is 0. The highest BCUT2D eigenvalue weighted by Crippen LogP contribution is 2.55. The van der Waals surface area contributed by atoms with Crippen LogP contribution in [0.25, 0.3) is 0 Å². The molecule has 0 heterocycles. The third-order valence-corrected chi connectivity index (χ3v) is 4.35. The van der Waals surface area contributed by atoms with Gasteiger partial charge in [-0.1, -0.05) is 35.0 Å². The Morgan fingerprint density at radius 3 is 2.92 bits per heavy atom. The summed E-state index contributed by atoms with van der Waals surface area (Å²) in [6.45, 7) is 2.10. The van der Waals surface area contributed by atoms with Gasteiger partial charge in [0.05, 0.1) is 0 Å². The van der Waals surface area contributed by atoms with Crippen molar-refractivity contribution in [1.82, 2.24) is 0 Å². The summed E-state index contributed by atoms with van der Waals surface area (Å²) in [4.78, 5) is 11.0. The first-order chi connectivity index (χ1) is 5.72. The first-order valence-electron chi connectivity index (χ1n) is 4.43. The third kappa shape index (κ3) is 0.875. The van der Waals surface area contributed by atoms with Crippen LogP contribution in [0.2, 0.25) is 0 Å². The molecule has 0 spiro atoms. The third-order valence-electron chi connectivity index (χ3n) is 3.65. The van der Waals surface area contributed by atoms with Crippen LogP contribution >= 0.6 is 15.9 Å². The zero-order chi connectivity index (χ0) is 8.77. The molecule has 0 N–H and O–H groups in total. The maximum absolute atomic E-state index is 11.0. The van der Waals surface area contributed by atoms with E-state index in [0.29, 0.717) is 17.8 Å². The second kappa shape index (κ2) is 2.69. The van der Waals surface area contributed by atoms with Crippen LogP contribution in [0.5, 0.6) is 0 Å². The van der Waals surface area contributed by atoms with Crippen LogP contribution in [-0.2, 0) is 4.79 Å². The van der Waals surface area contributed by atoms with E-state index in [2.05, 4.69) is 35.0 Å². The molecule has 0 aromatic carbocycles. The molecule has 0 unspecified atom stereocenters. The van der Waals surface area contributed by atoms with E-state index in [1.54, 1.807) is 0 Å². The van der Waals surface area contributed by atoms with Crippen molar-refractivity contribution in [3.8, 4) is 0 Å². The molecule has 4 atom stereocenters. The average molecular weight is 229 g/mol. The molecule has 0 aliphatic heterocycles. The molecular weight excluding hydrogens is 216 g/mol. The predicted octanol–water partition coefficient (Wildman–Crippen LogP) is 2.41. The Morgan fingerprint density at radius 1 is 1.67 bits per heavy atom. The molecule has 2 heteroatoms. The van der Waals surface area contributed by atoms with E-state index >= 15 is 0 Å². The Kier molecular flexibility index (Phi) is 1.90. The van der Waals surface area contributed by atoms with E-state index in [4.69, 9.17) is 0 Å². The van der Waals surface area contributed by atoms with Gasteiger partial charge in [0.25, 0.3) is 0 Å².